The van der Waals surface area contributed by atoms with Crippen LogP contribution >= 0.6 is 11.6 Å². The second-order valence-corrected chi connectivity index (χ2v) is 9.86. The van der Waals surface area contributed by atoms with Crippen molar-refractivity contribution in [3.05, 3.63) is 100 Å². The van der Waals surface area contributed by atoms with Gasteiger partial charge in [-0.2, -0.15) is 0 Å². The summed E-state index contributed by atoms with van der Waals surface area (Å²) in [6.45, 7) is 4.45. The number of aryl methyl sites for hydroxylation is 1. The summed E-state index contributed by atoms with van der Waals surface area (Å²) in [5, 5.41) is 12.6. The van der Waals surface area contributed by atoms with Crippen LogP contribution in [0.3, 0.4) is 0 Å². The van der Waals surface area contributed by atoms with Crippen molar-refractivity contribution < 1.29 is 19.4 Å². The molecule has 1 aliphatic rings. The summed E-state index contributed by atoms with van der Waals surface area (Å²) in [5.74, 6) is 0.274. The van der Waals surface area contributed by atoms with Crippen LogP contribution in [0.5, 0.6) is 5.75 Å². The largest absolute Gasteiger partial charge is 0.482 e. The zero-order chi connectivity index (χ0) is 25.5. The highest BCUT2D eigenvalue weighted by Gasteiger charge is 2.37. The number of aliphatic hydroxyl groups is 1. The Bertz CT molecular complexity index is 1160. The molecule has 3 aromatic carbocycles. The smallest absolute Gasteiger partial charge is 0.344 e. The van der Waals surface area contributed by atoms with Gasteiger partial charge in [0.15, 0.2) is 6.61 Å². The lowest BCUT2D eigenvalue weighted by atomic mass is 9.95. The van der Waals surface area contributed by atoms with Gasteiger partial charge < -0.3 is 14.6 Å². The van der Waals surface area contributed by atoms with Crippen molar-refractivity contribution in [2.24, 2.45) is 0 Å². The molecule has 0 saturated carbocycles. The molecule has 0 spiro atoms. The average Bonchev–Trinajstić information content (AvgIpc) is 3.08. The predicted molar refractivity (Wildman–Crippen MR) is 142 cm³/mol. The average molecular weight is 508 g/mol. The zero-order valence-electron chi connectivity index (χ0n) is 21.0. The minimum absolute atomic E-state index is 0.0840. The molecule has 190 valence electrons. The Morgan fingerprint density at radius 3 is 2.64 bits per heavy atom. The van der Waals surface area contributed by atoms with Crippen molar-refractivity contribution in [2.45, 2.75) is 57.8 Å². The van der Waals surface area contributed by atoms with E-state index in [0.717, 1.165) is 36.8 Å². The Morgan fingerprint density at radius 1 is 1.08 bits per heavy atom. The number of ether oxygens (including phenoxy) is 2. The zero-order valence-corrected chi connectivity index (χ0v) is 21.7. The van der Waals surface area contributed by atoms with Crippen molar-refractivity contribution in [1.82, 2.24) is 4.90 Å². The monoisotopic (exact) mass is 507 g/mol. The van der Waals surface area contributed by atoms with Crippen LogP contribution in [0.25, 0.3) is 0 Å². The van der Waals surface area contributed by atoms with Crippen LogP contribution in [0.1, 0.15) is 48.9 Å². The molecule has 0 radical (unpaired) electrons. The van der Waals surface area contributed by atoms with Crippen molar-refractivity contribution >= 4 is 17.6 Å². The summed E-state index contributed by atoms with van der Waals surface area (Å²) < 4.78 is 10.7. The summed E-state index contributed by atoms with van der Waals surface area (Å²) in [6, 6.07) is 23.8. The number of esters is 1. The van der Waals surface area contributed by atoms with Crippen LogP contribution in [0.4, 0.5) is 0 Å². The third kappa shape index (κ3) is 6.47. The fourth-order valence-electron chi connectivity index (χ4n) is 4.99. The second kappa shape index (κ2) is 11.9. The predicted octanol–water partition coefficient (Wildman–Crippen LogP) is 5.90. The van der Waals surface area contributed by atoms with Crippen LogP contribution in [0, 0.1) is 0 Å². The molecule has 0 heterocycles. The number of fused-ring (bicyclic) bond motifs is 1. The summed E-state index contributed by atoms with van der Waals surface area (Å²) in [7, 11) is 0. The first-order valence-electron chi connectivity index (χ1n) is 12.6. The number of rotatable bonds is 9. The van der Waals surface area contributed by atoms with E-state index in [1.807, 2.05) is 61.5 Å². The van der Waals surface area contributed by atoms with Crippen LogP contribution in [-0.4, -0.2) is 35.2 Å². The Kier molecular flexibility index (Phi) is 8.68. The number of hydrogen-bond acceptors (Lipinski definition) is 5. The van der Waals surface area contributed by atoms with Gasteiger partial charge in [-0.05, 0) is 86.1 Å². The highest BCUT2D eigenvalue weighted by Crippen LogP contribution is 2.35. The lowest BCUT2D eigenvalue weighted by molar-refractivity contribution is -0.145. The fraction of sp³-hybridized carbons (Fsp3) is 0.367. The summed E-state index contributed by atoms with van der Waals surface area (Å²) in [4.78, 5) is 13.9. The maximum absolute atomic E-state index is 12.0. The quantitative estimate of drug-likeness (QED) is 0.222. The molecule has 36 heavy (non-hydrogen) atoms. The van der Waals surface area contributed by atoms with Gasteiger partial charge in [-0.3, -0.25) is 4.90 Å². The van der Waals surface area contributed by atoms with Crippen LogP contribution in [0.2, 0.25) is 5.02 Å². The minimum atomic E-state index is -1.23. The van der Waals surface area contributed by atoms with Crippen LogP contribution in [-0.2, 0) is 34.6 Å². The van der Waals surface area contributed by atoms with E-state index >= 15 is 0 Å². The van der Waals surface area contributed by atoms with Gasteiger partial charge >= 0.3 is 5.97 Å². The van der Waals surface area contributed by atoms with Gasteiger partial charge in [0.2, 0.25) is 0 Å². The van der Waals surface area contributed by atoms with E-state index in [2.05, 4.69) is 23.1 Å². The van der Waals surface area contributed by atoms with E-state index in [-0.39, 0.29) is 18.6 Å². The summed E-state index contributed by atoms with van der Waals surface area (Å²) in [6.07, 6.45) is 3.67. The number of carbonyl (C=O) groups is 1. The van der Waals surface area contributed by atoms with E-state index in [4.69, 9.17) is 21.1 Å². The fourth-order valence-corrected chi connectivity index (χ4v) is 5.18. The number of halogens is 1. The van der Waals surface area contributed by atoms with E-state index in [1.165, 1.54) is 11.1 Å². The Labute approximate surface area is 218 Å². The first-order valence-corrected chi connectivity index (χ1v) is 12.9. The van der Waals surface area contributed by atoms with Gasteiger partial charge in [0, 0.05) is 17.6 Å². The molecule has 5 nitrogen and oxygen atoms in total. The molecule has 0 aliphatic heterocycles. The molecule has 1 aliphatic carbocycles. The summed E-state index contributed by atoms with van der Waals surface area (Å²) in [5.41, 5.74) is 3.13. The molecule has 0 amide bonds. The van der Waals surface area contributed by atoms with Crippen molar-refractivity contribution in [3.63, 3.8) is 0 Å². The van der Waals surface area contributed by atoms with Gasteiger partial charge in [-0.1, -0.05) is 60.1 Å². The van der Waals surface area contributed by atoms with Crippen molar-refractivity contribution in [2.75, 3.05) is 13.2 Å². The third-order valence-corrected chi connectivity index (χ3v) is 7.08. The molecular weight excluding hydrogens is 474 g/mol. The highest BCUT2D eigenvalue weighted by atomic mass is 35.5. The minimum Gasteiger partial charge on any atom is -0.482 e. The Balaban J connectivity index is 1.63. The topological polar surface area (TPSA) is 59.0 Å². The summed E-state index contributed by atoms with van der Waals surface area (Å²) >= 11 is 6.31. The molecule has 0 aromatic heterocycles. The first kappa shape index (κ1) is 26.2. The number of benzene rings is 3. The Hall–Kier alpha value is -2.86. The molecule has 3 aromatic rings. The molecular formula is C30H34ClNO4. The maximum atomic E-state index is 12.0. The standard InChI is InChI=1S/C30H34ClNO4/c1-3-35-29(33)21-36-28-16-15-23-11-7-14-27(17-24(23)18-28)32(20-22-9-5-4-6-10-22)30(2,34)25-12-8-13-26(31)19-25/h4-6,8-10,12-13,15-16,18-19,27,34H,3,7,11,14,17,20-21H2,1-2H3. The third-order valence-electron chi connectivity index (χ3n) is 6.85. The lowest BCUT2D eigenvalue weighted by Gasteiger charge is -2.43. The molecule has 6 heteroatoms. The van der Waals surface area contributed by atoms with Gasteiger partial charge in [0.25, 0.3) is 0 Å². The SMILES string of the molecule is CCOC(=O)COc1ccc2c(c1)CC(N(Cc1ccccc1)C(C)(O)c1cccc(Cl)c1)CCC2. The highest BCUT2D eigenvalue weighted by molar-refractivity contribution is 6.30. The number of nitrogens with zero attached hydrogens (tertiary/aromatic N) is 1. The Morgan fingerprint density at radius 2 is 1.89 bits per heavy atom. The van der Waals surface area contributed by atoms with E-state index < -0.39 is 5.72 Å². The second-order valence-electron chi connectivity index (χ2n) is 9.42. The van der Waals surface area contributed by atoms with Crippen molar-refractivity contribution in [3.8, 4) is 5.75 Å². The molecule has 0 fully saturated rings. The van der Waals surface area contributed by atoms with Crippen molar-refractivity contribution in [1.29, 1.82) is 0 Å². The van der Waals surface area contributed by atoms with Crippen LogP contribution < -0.4 is 4.74 Å². The molecule has 0 bridgehead atoms. The first-order chi connectivity index (χ1) is 17.4. The lowest BCUT2D eigenvalue weighted by Crippen LogP contribution is -2.50. The molecule has 4 rings (SSSR count). The van der Waals surface area contributed by atoms with Gasteiger partial charge in [-0.15, -0.1) is 0 Å². The van der Waals surface area contributed by atoms with Gasteiger partial charge in [0.1, 0.15) is 11.5 Å². The molecule has 2 atom stereocenters. The van der Waals surface area contributed by atoms with Crippen LogP contribution in [0.15, 0.2) is 72.8 Å². The van der Waals surface area contributed by atoms with Gasteiger partial charge in [0.05, 0.1) is 6.61 Å². The molecule has 1 N–H and O–H groups in total. The number of carbonyl (C=O) groups excluding carboxylic acids is 1. The number of hydrogen-bond donors (Lipinski definition) is 1. The normalized spacial score (nSPS) is 17.1. The maximum Gasteiger partial charge on any atom is 0.344 e. The molecule has 2 unspecified atom stereocenters. The van der Waals surface area contributed by atoms with E-state index in [0.29, 0.717) is 23.9 Å². The van der Waals surface area contributed by atoms with E-state index in [9.17, 15) is 9.90 Å². The molecule has 0 saturated heterocycles. The van der Waals surface area contributed by atoms with E-state index in [1.54, 1.807) is 6.92 Å². The van der Waals surface area contributed by atoms with Gasteiger partial charge in [-0.25, -0.2) is 4.79 Å².